The maximum absolute atomic E-state index is 14.4. The van der Waals surface area contributed by atoms with Gasteiger partial charge in [-0.2, -0.15) is 0 Å². The number of benzene rings is 2. The van der Waals surface area contributed by atoms with E-state index in [1.54, 1.807) is 0 Å². The highest BCUT2D eigenvalue weighted by Crippen LogP contribution is 2.38. The predicted octanol–water partition coefficient (Wildman–Crippen LogP) is 9.64. The van der Waals surface area contributed by atoms with Gasteiger partial charge in [0, 0.05) is 22.5 Å². The Bertz CT molecular complexity index is 940. The molecule has 0 aromatic heterocycles. The molecular weight excluding hydrogens is 518 g/mol. The molecule has 1 amide bonds. The van der Waals surface area contributed by atoms with Crippen LogP contribution in [0.5, 0.6) is 0 Å². The molecule has 0 N–H and O–H groups in total. The molecule has 1 saturated carbocycles. The van der Waals surface area contributed by atoms with E-state index in [4.69, 9.17) is 0 Å². The van der Waals surface area contributed by atoms with Gasteiger partial charge in [-0.15, -0.1) is 0 Å². The largest absolute Gasteiger partial charge is 0.337 e. The standard InChI is InChI=1S/C34H50BrNO/c1-5-7-8-12-22-34(6-2,23-21-29-15-10-9-11-16-29)36(26-30-17-13-18-30)33(37)28(4)27(3)24-31-19-14-20-32(35)25-31/h9-11,14-16,19-20,25,27-28,30H,5-8,12-13,17-18,21-24,26H2,1-4H3/t27?,28?,34-/m1/s1. The molecule has 204 valence electrons. The fourth-order valence-corrected chi connectivity index (χ4v) is 6.44. The first-order valence-electron chi connectivity index (χ1n) is 15.0. The summed E-state index contributed by atoms with van der Waals surface area (Å²) in [7, 11) is 0. The van der Waals surface area contributed by atoms with Crippen molar-refractivity contribution in [3.8, 4) is 0 Å². The van der Waals surface area contributed by atoms with Gasteiger partial charge >= 0.3 is 0 Å². The van der Waals surface area contributed by atoms with Gasteiger partial charge in [0.2, 0.25) is 5.91 Å². The Morgan fingerprint density at radius 2 is 1.70 bits per heavy atom. The van der Waals surface area contributed by atoms with E-state index in [9.17, 15) is 4.79 Å². The molecule has 3 heteroatoms. The van der Waals surface area contributed by atoms with E-state index in [2.05, 4.69) is 103 Å². The van der Waals surface area contributed by atoms with E-state index in [1.165, 1.54) is 56.1 Å². The molecule has 1 aliphatic carbocycles. The average molecular weight is 569 g/mol. The molecule has 0 spiro atoms. The molecule has 0 heterocycles. The lowest BCUT2D eigenvalue weighted by molar-refractivity contribution is -0.146. The topological polar surface area (TPSA) is 20.3 Å². The minimum absolute atomic E-state index is 0.0114. The smallest absolute Gasteiger partial charge is 0.226 e. The van der Waals surface area contributed by atoms with Crippen LogP contribution in [0.4, 0.5) is 0 Å². The quantitative estimate of drug-likeness (QED) is 0.185. The minimum atomic E-state index is -0.0555. The number of carbonyl (C=O) groups excluding carboxylic acids is 1. The number of unbranched alkanes of at least 4 members (excludes halogenated alkanes) is 3. The molecule has 0 radical (unpaired) electrons. The van der Waals surface area contributed by atoms with E-state index < -0.39 is 0 Å². The Morgan fingerprint density at radius 1 is 0.973 bits per heavy atom. The summed E-state index contributed by atoms with van der Waals surface area (Å²) in [6.45, 7) is 10.0. The van der Waals surface area contributed by atoms with Crippen molar-refractivity contribution in [1.82, 2.24) is 4.90 Å². The summed E-state index contributed by atoms with van der Waals surface area (Å²) in [5.74, 6) is 1.38. The fraction of sp³-hybridized carbons (Fsp3) is 0.618. The van der Waals surface area contributed by atoms with Gasteiger partial charge in [-0.25, -0.2) is 0 Å². The molecule has 2 aromatic rings. The zero-order valence-corrected chi connectivity index (χ0v) is 25.4. The number of nitrogens with zero attached hydrogens (tertiary/aromatic N) is 1. The summed E-state index contributed by atoms with van der Waals surface area (Å²) in [5.41, 5.74) is 2.64. The number of hydrogen-bond donors (Lipinski definition) is 0. The second-order valence-corrected chi connectivity index (χ2v) is 12.6. The second kappa shape index (κ2) is 15.1. The lowest BCUT2D eigenvalue weighted by atomic mass is 9.77. The third-order valence-electron chi connectivity index (χ3n) is 9.07. The van der Waals surface area contributed by atoms with Crippen LogP contribution >= 0.6 is 15.9 Å². The predicted molar refractivity (Wildman–Crippen MR) is 162 cm³/mol. The number of carbonyl (C=O) groups is 1. The molecule has 0 bridgehead atoms. The van der Waals surface area contributed by atoms with Crippen LogP contribution in [0.15, 0.2) is 59.1 Å². The minimum Gasteiger partial charge on any atom is -0.337 e. The number of halogens is 1. The maximum Gasteiger partial charge on any atom is 0.226 e. The van der Waals surface area contributed by atoms with Crippen molar-refractivity contribution >= 4 is 21.8 Å². The molecule has 2 nitrogen and oxygen atoms in total. The molecule has 0 aliphatic heterocycles. The number of aryl methyl sites for hydroxylation is 1. The van der Waals surface area contributed by atoms with Crippen molar-refractivity contribution in [2.24, 2.45) is 17.8 Å². The molecule has 1 aliphatic rings. The highest BCUT2D eigenvalue weighted by molar-refractivity contribution is 9.10. The zero-order valence-electron chi connectivity index (χ0n) is 23.9. The summed E-state index contributed by atoms with van der Waals surface area (Å²) in [5, 5.41) is 0. The van der Waals surface area contributed by atoms with Gasteiger partial charge < -0.3 is 4.90 Å². The Balaban J connectivity index is 1.85. The first kappa shape index (κ1) is 29.9. The van der Waals surface area contributed by atoms with Gasteiger partial charge in [0.05, 0.1) is 0 Å². The van der Waals surface area contributed by atoms with Crippen molar-refractivity contribution in [2.45, 2.75) is 110 Å². The molecule has 2 aromatic carbocycles. The zero-order chi connectivity index (χ0) is 26.7. The SMILES string of the molecule is CCCCCC[C@](CC)(CCc1ccccc1)N(CC1CCC1)C(=O)C(C)C(C)Cc1cccc(Br)c1. The van der Waals surface area contributed by atoms with Crippen LogP contribution in [-0.2, 0) is 17.6 Å². The van der Waals surface area contributed by atoms with E-state index in [-0.39, 0.29) is 11.5 Å². The molecule has 1 fully saturated rings. The van der Waals surface area contributed by atoms with Gasteiger partial charge in [0.25, 0.3) is 0 Å². The summed E-state index contributed by atoms with van der Waals surface area (Å²) in [6, 6.07) is 19.4. The summed E-state index contributed by atoms with van der Waals surface area (Å²) >= 11 is 3.61. The second-order valence-electron chi connectivity index (χ2n) is 11.7. The maximum atomic E-state index is 14.4. The Morgan fingerprint density at radius 3 is 2.32 bits per heavy atom. The number of amides is 1. The van der Waals surface area contributed by atoms with Gasteiger partial charge in [-0.1, -0.05) is 118 Å². The molecule has 2 unspecified atom stereocenters. The van der Waals surface area contributed by atoms with Crippen molar-refractivity contribution in [3.05, 3.63) is 70.2 Å². The lowest BCUT2D eigenvalue weighted by Gasteiger charge is -2.48. The first-order chi connectivity index (χ1) is 17.9. The lowest BCUT2D eigenvalue weighted by Crippen LogP contribution is -2.56. The van der Waals surface area contributed by atoms with E-state index in [0.717, 1.165) is 43.1 Å². The van der Waals surface area contributed by atoms with Crippen LogP contribution in [0.1, 0.15) is 103 Å². The summed E-state index contributed by atoms with van der Waals surface area (Å²) in [6.07, 6.45) is 14.1. The number of rotatable bonds is 16. The van der Waals surface area contributed by atoms with E-state index >= 15 is 0 Å². The van der Waals surface area contributed by atoms with E-state index in [1.807, 2.05) is 0 Å². The Labute approximate surface area is 235 Å². The monoisotopic (exact) mass is 567 g/mol. The third kappa shape index (κ3) is 8.70. The summed E-state index contributed by atoms with van der Waals surface area (Å²) < 4.78 is 1.11. The van der Waals surface area contributed by atoms with Gasteiger partial charge in [0.15, 0.2) is 0 Å². The van der Waals surface area contributed by atoms with Gasteiger partial charge in [-0.05, 0) is 80.0 Å². The summed E-state index contributed by atoms with van der Waals surface area (Å²) in [4.78, 5) is 16.9. The van der Waals surface area contributed by atoms with Crippen LogP contribution in [0.3, 0.4) is 0 Å². The molecular formula is C34H50BrNO. The first-order valence-corrected chi connectivity index (χ1v) is 15.8. The Hall–Kier alpha value is -1.61. The van der Waals surface area contributed by atoms with E-state index in [0.29, 0.717) is 17.7 Å². The normalized spacial score (nSPS) is 17.0. The molecule has 3 rings (SSSR count). The van der Waals surface area contributed by atoms with Crippen molar-refractivity contribution in [1.29, 1.82) is 0 Å². The fourth-order valence-electron chi connectivity index (χ4n) is 5.99. The van der Waals surface area contributed by atoms with Crippen LogP contribution < -0.4 is 0 Å². The highest BCUT2D eigenvalue weighted by Gasteiger charge is 2.41. The molecule has 3 atom stereocenters. The molecule has 37 heavy (non-hydrogen) atoms. The number of hydrogen-bond acceptors (Lipinski definition) is 1. The van der Waals surface area contributed by atoms with Gasteiger partial charge in [0.1, 0.15) is 0 Å². The van der Waals surface area contributed by atoms with Crippen molar-refractivity contribution in [2.75, 3.05) is 6.54 Å². The highest BCUT2D eigenvalue weighted by atomic mass is 79.9. The van der Waals surface area contributed by atoms with Crippen LogP contribution in [0, 0.1) is 17.8 Å². The van der Waals surface area contributed by atoms with Crippen molar-refractivity contribution in [3.63, 3.8) is 0 Å². The van der Waals surface area contributed by atoms with Gasteiger partial charge in [-0.3, -0.25) is 4.79 Å². The average Bonchev–Trinajstić information content (AvgIpc) is 2.88. The van der Waals surface area contributed by atoms with Crippen LogP contribution in [0.25, 0.3) is 0 Å². The third-order valence-corrected chi connectivity index (χ3v) is 9.56. The van der Waals surface area contributed by atoms with Crippen LogP contribution in [-0.4, -0.2) is 22.9 Å². The van der Waals surface area contributed by atoms with Crippen LogP contribution in [0.2, 0.25) is 0 Å². The molecule has 0 saturated heterocycles. The van der Waals surface area contributed by atoms with Crippen molar-refractivity contribution < 1.29 is 4.79 Å². The Kier molecular flexibility index (Phi) is 12.2.